The van der Waals surface area contributed by atoms with Crippen molar-refractivity contribution in [3.63, 3.8) is 0 Å². The van der Waals surface area contributed by atoms with Crippen LogP contribution < -0.4 is 14.2 Å². The summed E-state index contributed by atoms with van der Waals surface area (Å²) in [5.41, 5.74) is 0.619. The van der Waals surface area contributed by atoms with Gasteiger partial charge < -0.3 is 9.47 Å². The molecule has 1 rings (SSSR count). The molecule has 0 amide bonds. The van der Waals surface area contributed by atoms with Crippen LogP contribution in [-0.4, -0.2) is 28.7 Å². The smallest absolute Gasteiger partial charge is 0.241 e. The van der Waals surface area contributed by atoms with E-state index in [1.165, 1.54) is 20.3 Å². The molecule has 0 aliphatic rings. The lowest BCUT2D eigenvalue weighted by atomic mass is 10.2. The van der Waals surface area contributed by atoms with Crippen LogP contribution in [0.25, 0.3) is 0 Å². The van der Waals surface area contributed by atoms with Crippen molar-refractivity contribution in [1.29, 1.82) is 0 Å². The molecule has 0 radical (unpaired) electrons. The Morgan fingerprint density at radius 3 is 2.21 bits per heavy atom. The Morgan fingerprint density at radius 2 is 1.74 bits per heavy atom. The van der Waals surface area contributed by atoms with Gasteiger partial charge in [-0.3, -0.25) is 0 Å². The second-order valence-corrected chi connectivity index (χ2v) is 6.09. The molecule has 0 unspecified atom stereocenters. The van der Waals surface area contributed by atoms with Crippen molar-refractivity contribution in [1.82, 2.24) is 4.72 Å². The Balaban J connectivity index is 3.27. The molecule has 0 saturated carbocycles. The summed E-state index contributed by atoms with van der Waals surface area (Å²) in [6, 6.07) is 3.03. The van der Waals surface area contributed by atoms with Crippen LogP contribution in [0, 0.1) is 6.92 Å². The molecule has 0 saturated heterocycles. The molecule has 0 spiro atoms. The van der Waals surface area contributed by atoms with E-state index < -0.39 is 10.0 Å². The van der Waals surface area contributed by atoms with Crippen LogP contribution in [-0.2, 0) is 10.0 Å². The van der Waals surface area contributed by atoms with Crippen molar-refractivity contribution in [2.45, 2.75) is 38.1 Å². The van der Waals surface area contributed by atoms with E-state index in [1.807, 2.05) is 13.8 Å². The van der Waals surface area contributed by atoms with E-state index in [0.29, 0.717) is 17.1 Å². The summed E-state index contributed by atoms with van der Waals surface area (Å²) in [7, 11) is -0.551. The van der Waals surface area contributed by atoms with Crippen molar-refractivity contribution in [2.24, 2.45) is 0 Å². The molecule has 1 atom stereocenters. The van der Waals surface area contributed by atoms with Crippen LogP contribution in [0.15, 0.2) is 17.0 Å². The van der Waals surface area contributed by atoms with E-state index in [-0.39, 0.29) is 10.9 Å². The second kappa shape index (κ2) is 6.25. The van der Waals surface area contributed by atoms with Gasteiger partial charge in [0.1, 0.15) is 0 Å². The van der Waals surface area contributed by atoms with Gasteiger partial charge in [-0.2, -0.15) is 0 Å². The number of hydrogen-bond donors (Lipinski definition) is 1. The third kappa shape index (κ3) is 3.61. The lowest BCUT2D eigenvalue weighted by molar-refractivity contribution is 0.353. The fraction of sp³-hybridized carbons (Fsp3) is 0.538. The molecular formula is C13H21NO4S. The number of rotatable bonds is 6. The fourth-order valence-corrected chi connectivity index (χ4v) is 3.23. The van der Waals surface area contributed by atoms with Crippen LogP contribution in [0.3, 0.4) is 0 Å². The zero-order chi connectivity index (χ0) is 14.6. The fourth-order valence-electron chi connectivity index (χ4n) is 1.66. The van der Waals surface area contributed by atoms with E-state index in [1.54, 1.807) is 13.0 Å². The normalized spacial score (nSPS) is 13.1. The summed E-state index contributed by atoms with van der Waals surface area (Å²) in [6.07, 6.45) is 0.728. The highest BCUT2D eigenvalue weighted by atomic mass is 32.2. The van der Waals surface area contributed by atoms with Crippen molar-refractivity contribution < 1.29 is 17.9 Å². The number of ether oxygens (including phenoxy) is 2. The third-order valence-corrected chi connectivity index (χ3v) is 4.67. The van der Waals surface area contributed by atoms with Crippen molar-refractivity contribution in [2.75, 3.05) is 14.2 Å². The maximum atomic E-state index is 12.3. The molecule has 1 aromatic carbocycles. The molecule has 6 heteroatoms. The van der Waals surface area contributed by atoms with Gasteiger partial charge in [-0.25, -0.2) is 13.1 Å². The van der Waals surface area contributed by atoms with Crippen molar-refractivity contribution in [3.05, 3.63) is 17.7 Å². The molecule has 0 fully saturated rings. The molecule has 1 N–H and O–H groups in total. The van der Waals surface area contributed by atoms with Gasteiger partial charge in [0.05, 0.1) is 19.1 Å². The van der Waals surface area contributed by atoms with Crippen LogP contribution in [0.5, 0.6) is 11.5 Å². The minimum absolute atomic E-state index is 0.113. The first kappa shape index (κ1) is 15.8. The van der Waals surface area contributed by atoms with Gasteiger partial charge in [-0.15, -0.1) is 0 Å². The number of hydrogen-bond acceptors (Lipinski definition) is 4. The number of benzene rings is 1. The Labute approximate surface area is 115 Å². The van der Waals surface area contributed by atoms with Gasteiger partial charge in [0, 0.05) is 12.1 Å². The highest BCUT2D eigenvalue weighted by Gasteiger charge is 2.21. The zero-order valence-corrected chi connectivity index (χ0v) is 12.8. The molecule has 19 heavy (non-hydrogen) atoms. The Hall–Kier alpha value is -1.27. The topological polar surface area (TPSA) is 64.6 Å². The molecule has 5 nitrogen and oxygen atoms in total. The summed E-state index contributed by atoms with van der Waals surface area (Å²) in [5, 5.41) is 0. The lowest BCUT2D eigenvalue weighted by Crippen LogP contribution is -2.32. The molecule has 108 valence electrons. The van der Waals surface area contributed by atoms with Gasteiger partial charge in [-0.05, 0) is 31.9 Å². The van der Waals surface area contributed by atoms with Crippen molar-refractivity contribution >= 4 is 10.0 Å². The highest BCUT2D eigenvalue weighted by molar-refractivity contribution is 7.89. The third-order valence-electron chi connectivity index (χ3n) is 2.94. The average molecular weight is 287 g/mol. The van der Waals surface area contributed by atoms with E-state index >= 15 is 0 Å². The zero-order valence-electron chi connectivity index (χ0n) is 12.0. The monoisotopic (exact) mass is 287 g/mol. The maximum Gasteiger partial charge on any atom is 0.241 e. The number of sulfonamides is 1. The Kier molecular flexibility index (Phi) is 5.20. The predicted molar refractivity (Wildman–Crippen MR) is 74.4 cm³/mol. The van der Waals surface area contributed by atoms with E-state index in [2.05, 4.69) is 4.72 Å². The molecule has 1 aromatic rings. The van der Waals surface area contributed by atoms with Crippen LogP contribution in [0.2, 0.25) is 0 Å². The summed E-state index contributed by atoms with van der Waals surface area (Å²) >= 11 is 0. The van der Waals surface area contributed by atoms with Crippen LogP contribution in [0.1, 0.15) is 25.8 Å². The average Bonchev–Trinajstić information content (AvgIpc) is 2.37. The first-order chi connectivity index (χ1) is 8.85. The number of nitrogens with one attached hydrogen (secondary N) is 1. The standard InChI is InChI=1S/C13H21NO4S/c1-6-10(3)14-19(15,16)13-8-12(18-5)11(17-4)7-9(13)2/h7-8,10,14H,6H2,1-5H3/t10-/m1/s1. The van der Waals surface area contributed by atoms with Crippen LogP contribution in [0.4, 0.5) is 0 Å². The van der Waals surface area contributed by atoms with E-state index in [4.69, 9.17) is 9.47 Å². The lowest BCUT2D eigenvalue weighted by Gasteiger charge is -2.16. The Morgan fingerprint density at radius 1 is 1.21 bits per heavy atom. The summed E-state index contributed by atoms with van der Waals surface area (Å²) in [5.74, 6) is 0.917. The quantitative estimate of drug-likeness (QED) is 0.870. The van der Waals surface area contributed by atoms with Crippen LogP contribution >= 0.6 is 0 Å². The van der Waals surface area contributed by atoms with Crippen molar-refractivity contribution in [3.8, 4) is 11.5 Å². The predicted octanol–water partition coefficient (Wildman–Crippen LogP) is 2.09. The molecule has 0 heterocycles. The molecular weight excluding hydrogens is 266 g/mol. The summed E-state index contributed by atoms with van der Waals surface area (Å²) in [4.78, 5) is 0.213. The van der Waals surface area contributed by atoms with E-state index in [0.717, 1.165) is 6.42 Å². The minimum Gasteiger partial charge on any atom is -0.493 e. The van der Waals surface area contributed by atoms with Gasteiger partial charge in [-0.1, -0.05) is 6.92 Å². The molecule has 0 aliphatic heterocycles. The summed E-state index contributed by atoms with van der Waals surface area (Å²) < 4.78 is 37.5. The number of methoxy groups -OCH3 is 2. The van der Waals surface area contributed by atoms with Gasteiger partial charge in [0.25, 0.3) is 0 Å². The first-order valence-electron chi connectivity index (χ1n) is 6.10. The molecule has 0 aromatic heterocycles. The largest absolute Gasteiger partial charge is 0.493 e. The van der Waals surface area contributed by atoms with Gasteiger partial charge in [0.2, 0.25) is 10.0 Å². The SMILES string of the molecule is CC[C@@H](C)NS(=O)(=O)c1cc(OC)c(OC)cc1C. The maximum absolute atomic E-state index is 12.3. The summed E-state index contributed by atoms with van der Waals surface area (Å²) in [6.45, 7) is 5.48. The number of aryl methyl sites for hydroxylation is 1. The second-order valence-electron chi connectivity index (χ2n) is 4.40. The first-order valence-corrected chi connectivity index (χ1v) is 7.59. The van der Waals surface area contributed by atoms with Gasteiger partial charge >= 0.3 is 0 Å². The molecule has 0 bridgehead atoms. The Bertz CT molecular complexity index is 540. The van der Waals surface area contributed by atoms with E-state index in [9.17, 15) is 8.42 Å². The van der Waals surface area contributed by atoms with Gasteiger partial charge in [0.15, 0.2) is 11.5 Å². The molecule has 0 aliphatic carbocycles. The highest BCUT2D eigenvalue weighted by Crippen LogP contribution is 2.32. The minimum atomic E-state index is -3.55.